The third kappa shape index (κ3) is 6.05. The van der Waals surface area contributed by atoms with E-state index in [0.717, 1.165) is 5.69 Å². The lowest BCUT2D eigenvalue weighted by molar-refractivity contribution is 0.427. The minimum absolute atomic E-state index is 0.142. The lowest BCUT2D eigenvalue weighted by atomic mass is 10.3. The van der Waals surface area contributed by atoms with Crippen LogP contribution in [0.1, 0.15) is 0 Å². The van der Waals surface area contributed by atoms with Crippen molar-refractivity contribution in [3.8, 4) is 28.9 Å². The first-order valence-electron chi connectivity index (χ1n) is 11.6. The number of phenolic OH excluding ortho intramolecular Hbond substituents is 1. The lowest BCUT2D eigenvalue weighted by Gasteiger charge is -2.13. The second kappa shape index (κ2) is 11.8. The number of para-hydroxylation sites is 2. The van der Waals surface area contributed by atoms with E-state index in [-0.39, 0.29) is 17.3 Å². The van der Waals surface area contributed by atoms with Crippen molar-refractivity contribution in [1.82, 2.24) is 14.1 Å². The van der Waals surface area contributed by atoms with Crippen LogP contribution in [0.15, 0.2) is 114 Å². The normalized spacial score (nSPS) is 10.6. The third-order valence-electron chi connectivity index (χ3n) is 5.46. The predicted octanol–water partition coefficient (Wildman–Crippen LogP) is 8.46. The average Bonchev–Trinajstić information content (AvgIpc) is 3.29. The summed E-state index contributed by atoms with van der Waals surface area (Å²) in [5.74, 6) is 0.759. The Morgan fingerprint density at radius 1 is 0.744 bits per heavy atom. The van der Waals surface area contributed by atoms with Crippen LogP contribution >= 0.6 is 46.8 Å². The number of rotatable bonds is 4. The zero-order chi connectivity index (χ0) is 27.4. The number of hydrogen-bond acceptors (Lipinski definition) is 6. The van der Waals surface area contributed by atoms with Gasteiger partial charge in [0.15, 0.2) is 9.60 Å². The van der Waals surface area contributed by atoms with Crippen molar-refractivity contribution in [1.29, 1.82) is 0 Å². The molecule has 2 aromatic heterocycles. The summed E-state index contributed by atoms with van der Waals surface area (Å²) in [7, 11) is 0. The molecule has 6 aromatic rings. The number of thiazole rings is 1. The highest BCUT2D eigenvalue weighted by Gasteiger charge is 2.20. The van der Waals surface area contributed by atoms with E-state index in [2.05, 4.69) is 0 Å². The van der Waals surface area contributed by atoms with Crippen LogP contribution in [0.2, 0.25) is 10.0 Å². The van der Waals surface area contributed by atoms with Crippen molar-refractivity contribution < 1.29 is 9.84 Å². The minimum atomic E-state index is -0.244. The van der Waals surface area contributed by atoms with E-state index in [0.29, 0.717) is 35.8 Å². The number of ether oxygens (including phenoxy) is 1. The summed E-state index contributed by atoms with van der Waals surface area (Å²) >= 11 is 18.3. The summed E-state index contributed by atoms with van der Waals surface area (Å²) < 4.78 is 10.3. The molecule has 0 bridgehead atoms. The Morgan fingerprint density at radius 2 is 1.26 bits per heavy atom. The smallest absolute Gasteiger partial charge is 0.311 e. The Bertz CT molecular complexity index is 1820. The maximum absolute atomic E-state index is 13.6. The standard InChI is InChI=1S/C23H14ClN3O2S2.C6H5ClO/c24-15-11-13-18(14-12-15)29-22-25-20-19(21(28)27(22)17-9-5-2-6-10-17)31-23(30)26(20)16-7-3-1-4-8-16;7-5-1-3-6(8)4-2-5/h1-14H;1-4,8H. The van der Waals surface area contributed by atoms with Gasteiger partial charge in [-0.1, -0.05) is 70.9 Å². The summed E-state index contributed by atoms with van der Waals surface area (Å²) in [4.78, 5) is 18.3. The maximum Gasteiger partial charge on any atom is 0.311 e. The number of benzene rings is 4. The molecule has 194 valence electrons. The molecule has 6 nitrogen and oxygen atoms in total. The second-order valence-electron chi connectivity index (χ2n) is 8.09. The highest BCUT2D eigenvalue weighted by molar-refractivity contribution is 7.73. The molecule has 4 aromatic carbocycles. The molecule has 0 aliphatic rings. The fourth-order valence-electron chi connectivity index (χ4n) is 3.66. The fourth-order valence-corrected chi connectivity index (χ4v) is 5.22. The molecule has 6 rings (SSSR count). The van der Waals surface area contributed by atoms with Crippen LogP contribution < -0.4 is 10.3 Å². The molecule has 10 heteroatoms. The first-order chi connectivity index (χ1) is 18.9. The Morgan fingerprint density at radius 3 is 1.79 bits per heavy atom. The van der Waals surface area contributed by atoms with Gasteiger partial charge >= 0.3 is 6.01 Å². The number of fused-ring (bicyclic) bond motifs is 1. The Hall–Kier alpha value is -3.95. The van der Waals surface area contributed by atoms with Crippen LogP contribution in [0.3, 0.4) is 0 Å². The molecule has 0 saturated carbocycles. The molecule has 1 N–H and O–H groups in total. The van der Waals surface area contributed by atoms with Crippen LogP contribution in [0.4, 0.5) is 0 Å². The molecule has 0 atom stereocenters. The molecule has 0 spiro atoms. The van der Waals surface area contributed by atoms with E-state index in [4.69, 9.17) is 50.2 Å². The van der Waals surface area contributed by atoms with Crippen molar-refractivity contribution in [3.63, 3.8) is 0 Å². The largest absolute Gasteiger partial charge is 0.508 e. The molecular formula is C29H19Cl2N3O3S2. The number of halogens is 2. The van der Waals surface area contributed by atoms with Crippen molar-refractivity contribution in [3.05, 3.63) is 134 Å². The monoisotopic (exact) mass is 591 g/mol. The van der Waals surface area contributed by atoms with Crippen molar-refractivity contribution in [2.45, 2.75) is 0 Å². The summed E-state index contributed by atoms with van der Waals surface area (Å²) in [6, 6.07) is 32.2. The molecule has 0 aliphatic carbocycles. The van der Waals surface area contributed by atoms with Gasteiger partial charge in [-0.05, 0) is 85.0 Å². The minimum Gasteiger partial charge on any atom is -0.508 e. The molecule has 0 unspecified atom stereocenters. The highest BCUT2D eigenvalue weighted by atomic mass is 35.5. The van der Waals surface area contributed by atoms with Gasteiger partial charge in [0.2, 0.25) is 0 Å². The summed E-state index contributed by atoms with van der Waals surface area (Å²) in [5, 5.41) is 9.93. The van der Waals surface area contributed by atoms with Gasteiger partial charge in [0.25, 0.3) is 5.56 Å². The number of phenols is 1. The van der Waals surface area contributed by atoms with Gasteiger partial charge in [0.05, 0.1) is 5.69 Å². The number of nitrogens with zero attached hydrogens (tertiary/aromatic N) is 3. The van der Waals surface area contributed by atoms with Crippen LogP contribution in [-0.4, -0.2) is 19.2 Å². The number of aromatic nitrogens is 3. The van der Waals surface area contributed by atoms with E-state index in [1.165, 1.54) is 15.9 Å². The average molecular weight is 593 g/mol. The molecule has 0 fully saturated rings. The maximum atomic E-state index is 13.6. The molecule has 0 saturated heterocycles. The highest BCUT2D eigenvalue weighted by Crippen LogP contribution is 2.29. The van der Waals surface area contributed by atoms with E-state index in [9.17, 15) is 4.79 Å². The van der Waals surface area contributed by atoms with Gasteiger partial charge < -0.3 is 9.84 Å². The van der Waals surface area contributed by atoms with Gasteiger partial charge in [0, 0.05) is 15.7 Å². The zero-order valence-electron chi connectivity index (χ0n) is 20.1. The Balaban J connectivity index is 0.000000332. The molecular weight excluding hydrogens is 573 g/mol. The van der Waals surface area contributed by atoms with Crippen LogP contribution in [0, 0.1) is 3.95 Å². The fraction of sp³-hybridized carbons (Fsp3) is 0. The lowest BCUT2D eigenvalue weighted by Crippen LogP contribution is -2.21. The van der Waals surface area contributed by atoms with Crippen molar-refractivity contribution in [2.24, 2.45) is 0 Å². The van der Waals surface area contributed by atoms with Crippen molar-refractivity contribution in [2.75, 3.05) is 0 Å². The van der Waals surface area contributed by atoms with Gasteiger partial charge in [-0.2, -0.15) is 4.98 Å². The van der Waals surface area contributed by atoms with Crippen molar-refractivity contribution >= 4 is 57.1 Å². The van der Waals surface area contributed by atoms with Gasteiger partial charge in [-0.15, -0.1) is 0 Å². The van der Waals surface area contributed by atoms with Crippen LogP contribution in [0.5, 0.6) is 17.5 Å². The molecule has 2 heterocycles. The quantitative estimate of drug-likeness (QED) is 0.208. The van der Waals surface area contributed by atoms with Gasteiger partial charge in [-0.3, -0.25) is 9.36 Å². The first-order valence-corrected chi connectivity index (χ1v) is 13.6. The van der Waals surface area contributed by atoms with E-state index in [1.807, 2.05) is 60.7 Å². The topological polar surface area (TPSA) is 69.3 Å². The van der Waals surface area contributed by atoms with Gasteiger partial charge in [0.1, 0.15) is 16.2 Å². The molecule has 0 aliphatic heterocycles. The van der Waals surface area contributed by atoms with E-state index in [1.54, 1.807) is 53.1 Å². The molecule has 0 amide bonds. The number of hydrogen-bond donors (Lipinski definition) is 1. The summed E-state index contributed by atoms with van der Waals surface area (Å²) in [6.45, 7) is 0. The summed E-state index contributed by atoms with van der Waals surface area (Å²) in [5.41, 5.74) is 1.70. The first kappa shape index (κ1) is 26.6. The molecule has 39 heavy (non-hydrogen) atoms. The van der Waals surface area contributed by atoms with Gasteiger partial charge in [-0.25, -0.2) is 4.57 Å². The third-order valence-corrected chi connectivity index (χ3v) is 7.31. The van der Waals surface area contributed by atoms with Crippen LogP contribution in [-0.2, 0) is 0 Å². The predicted molar refractivity (Wildman–Crippen MR) is 160 cm³/mol. The SMILES string of the molecule is O=c1c2sc(=S)n(-c3ccccc3)c2nc(Oc2ccc(Cl)cc2)n1-c1ccccc1.Oc1ccc(Cl)cc1. The van der Waals surface area contributed by atoms with Crippen LogP contribution in [0.25, 0.3) is 21.7 Å². The second-order valence-corrected chi connectivity index (χ2v) is 10.6. The van der Waals surface area contributed by atoms with E-state index >= 15 is 0 Å². The number of aromatic hydroxyl groups is 1. The Kier molecular flexibility index (Phi) is 8.09. The Labute approximate surface area is 242 Å². The van der Waals surface area contributed by atoms with E-state index < -0.39 is 0 Å². The zero-order valence-corrected chi connectivity index (χ0v) is 23.2. The summed E-state index contributed by atoms with van der Waals surface area (Å²) in [6.07, 6.45) is 0. The molecule has 0 radical (unpaired) electrons.